The minimum atomic E-state index is -1.86. The van der Waals surface area contributed by atoms with Crippen LogP contribution in [0, 0.1) is 11.8 Å². The normalized spacial score (nSPS) is 14.3. The molecule has 0 saturated heterocycles. The number of carbonyl (C=O) groups excluding carboxylic acids is 11. The fourth-order valence-corrected chi connectivity index (χ4v) is 11.5. The average molecular weight is 1470 g/mol. The molecule has 0 aliphatic rings. The summed E-state index contributed by atoms with van der Waals surface area (Å²) >= 11 is 1.39. The molecule has 1 rings (SSSR count). The molecule has 0 saturated carbocycles. The number of benzene rings is 1. The summed E-state index contributed by atoms with van der Waals surface area (Å²) in [6.07, 6.45) is 14.7. The van der Waals surface area contributed by atoms with Crippen LogP contribution in [0.3, 0.4) is 0 Å². The van der Waals surface area contributed by atoms with Crippen LogP contribution in [0.1, 0.15) is 208 Å². The van der Waals surface area contributed by atoms with Crippen LogP contribution in [0.5, 0.6) is 0 Å². The van der Waals surface area contributed by atoms with E-state index in [0.29, 0.717) is 37.0 Å². The summed E-state index contributed by atoms with van der Waals surface area (Å²) in [4.78, 5) is 173. The van der Waals surface area contributed by atoms with Gasteiger partial charge in [-0.05, 0) is 107 Å². The number of primary amides is 1. The smallest absolute Gasteiger partial charge is 0.305 e. The molecular weight excluding hydrogens is 1350 g/mol. The van der Waals surface area contributed by atoms with Crippen LogP contribution in [0.4, 0.5) is 0 Å². The van der Waals surface area contributed by atoms with E-state index in [4.69, 9.17) is 34.4 Å². The molecule has 103 heavy (non-hydrogen) atoms. The number of aliphatic carboxylic acids is 1. The first-order valence-electron chi connectivity index (χ1n) is 36.5. The summed E-state index contributed by atoms with van der Waals surface area (Å²) in [6, 6.07) is -3.86. The van der Waals surface area contributed by atoms with Gasteiger partial charge in [-0.15, -0.1) is 0 Å². The van der Waals surface area contributed by atoms with E-state index in [1.54, 1.807) is 57.4 Å². The second-order valence-electron chi connectivity index (χ2n) is 26.6. The number of carboxylic acid groups (broad SMARTS) is 1. The Hall–Kier alpha value is -8.33. The summed E-state index contributed by atoms with van der Waals surface area (Å²) in [6.45, 7) is 9.99. The lowest BCUT2D eigenvalue weighted by Crippen LogP contribution is -2.60. The molecule has 33 heteroatoms. The highest BCUT2D eigenvalue weighted by Crippen LogP contribution is 2.16. The lowest BCUT2D eigenvalue weighted by molar-refractivity contribution is -0.142. The Kier molecular flexibility index (Phi) is 48.9. The molecule has 32 nitrogen and oxygen atoms in total. The third kappa shape index (κ3) is 42.1. The fraction of sp³-hybridized carbons (Fsp3) is 0.714. The maximum Gasteiger partial charge on any atom is 0.305 e. The van der Waals surface area contributed by atoms with Gasteiger partial charge in [-0.1, -0.05) is 148 Å². The van der Waals surface area contributed by atoms with Crippen LogP contribution in [0.15, 0.2) is 40.3 Å². The third-order valence-electron chi connectivity index (χ3n) is 17.1. The second kappa shape index (κ2) is 54.3. The van der Waals surface area contributed by atoms with Crippen LogP contribution < -0.4 is 87.6 Å². The van der Waals surface area contributed by atoms with E-state index in [1.165, 1.54) is 63.6 Å². The number of carbonyl (C=O) groups is 12. The molecule has 0 bridgehead atoms. The van der Waals surface area contributed by atoms with Gasteiger partial charge in [0.05, 0.1) is 19.1 Å². The van der Waals surface area contributed by atoms with Crippen LogP contribution >= 0.6 is 11.8 Å². The maximum atomic E-state index is 14.6. The van der Waals surface area contributed by atoms with Gasteiger partial charge in [0, 0.05) is 25.9 Å². The summed E-state index contributed by atoms with van der Waals surface area (Å²) < 4.78 is 0. The lowest BCUT2D eigenvalue weighted by Gasteiger charge is -2.28. The van der Waals surface area contributed by atoms with Crippen molar-refractivity contribution in [2.45, 2.75) is 269 Å². The zero-order valence-electron chi connectivity index (χ0n) is 61.8. The monoisotopic (exact) mass is 1470 g/mol. The van der Waals surface area contributed by atoms with Gasteiger partial charge in [0.2, 0.25) is 65.0 Å². The van der Waals surface area contributed by atoms with E-state index < -0.39 is 144 Å². The SMILES string of the molecule is CCCCCCCCCCCCCCCC(=O)N[C@H](C(=O)N[C@@H](CC(=O)O)C(=O)N[C@@H](CCCN=C(N)N)C(=O)N[C@@H](CC(C)C)C(=O)N[C@@H](CCCN=C(N)N)C(=O)N[C@@H](CCCCN)C(=O)NCC(=O)N[C@@H](CCSC)C(=O)N[C@@H](Cc1ccccc1)C(=O)N[C@H](C(N)=O)[C@@H](C)CC)[C@@H](C)O. The van der Waals surface area contributed by atoms with E-state index in [1.807, 2.05) is 6.92 Å². The number of aliphatic hydroxyl groups excluding tert-OH is 1. The van der Waals surface area contributed by atoms with Crippen molar-refractivity contribution in [2.24, 2.45) is 56.2 Å². The largest absolute Gasteiger partial charge is 0.481 e. The Balaban J connectivity index is 3.48. The molecule has 0 aliphatic heterocycles. The standard InChI is InChI=1S/C70H124N18O14S/c1-8-10-11-12-13-14-15-16-17-18-19-20-24-34-55(90)87-59(46(6)89)68(102)86-54(42-57(92)93)66(100)83-50(33-28-38-78-70(75)76)63(97)84-52(40-44(3)4)65(99)82-49(32-27-37-77-69(73)74)62(96)81-48(31-25-26-36-71)61(95)79-43-56(91)80-51(35-39-103-7)64(98)85-53(41-47-29-22-21-23-30-47)67(101)88-58(60(72)94)45(5)9-2/h21-23,29-30,44-46,48-54,58-59,89H,8-20,24-28,31-43,71H2,1-7H3,(H2,72,94)(H,79,95)(H,80,91)(H,81,96)(H,82,99)(H,83,100)(H,84,97)(H,85,98)(H,86,102)(H,87,90)(H,88,101)(H,92,93)(H4,73,74,77)(H4,75,76,78)/t45-,46+,48-,49-,50-,51-,52-,53-,54-,58-,59-/m0/s1. The highest BCUT2D eigenvalue weighted by atomic mass is 32.2. The van der Waals surface area contributed by atoms with Crippen molar-refractivity contribution >= 4 is 94.6 Å². The quantitative estimate of drug-likeness (QED) is 0.0241. The molecular formula is C70H124N18O14S. The zero-order valence-corrected chi connectivity index (χ0v) is 62.6. The molecule has 11 amide bonds. The number of rotatable bonds is 58. The third-order valence-corrected chi connectivity index (χ3v) is 17.7. The number of hydrogen-bond donors (Lipinski definition) is 18. The van der Waals surface area contributed by atoms with Gasteiger partial charge in [0.15, 0.2) is 11.9 Å². The number of guanidine groups is 2. The number of carboxylic acids is 1. The molecule has 0 fully saturated rings. The van der Waals surface area contributed by atoms with Crippen LogP contribution in [-0.4, -0.2) is 192 Å². The number of unbranched alkanes of at least 4 members (excludes halogenated alkanes) is 13. The van der Waals surface area contributed by atoms with E-state index in [9.17, 15) is 67.7 Å². The molecule has 0 aromatic heterocycles. The van der Waals surface area contributed by atoms with Crippen LogP contribution in [0.25, 0.3) is 0 Å². The Morgan fingerprint density at radius 2 is 0.922 bits per heavy atom. The maximum absolute atomic E-state index is 14.6. The molecule has 1 aromatic rings. The molecule has 0 spiro atoms. The number of aliphatic hydroxyl groups is 1. The van der Waals surface area contributed by atoms with Gasteiger partial charge < -0.3 is 97.8 Å². The molecule has 24 N–H and O–H groups in total. The summed E-state index contributed by atoms with van der Waals surface area (Å²) in [5.74, 6) is -11.6. The number of nitrogens with one attached hydrogen (secondary N) is 10. The Morgan fingerprint density at radius 1 is 0.476 bits per heavy atom. The molecule has 11 atom stereocenters. The molecule has 1 aromatic carbocycles. The van der Waals surface area contributed by atoms with E-state index in [0.717, 1.165) is 32.1 Å². The second-order valence-corrected chi connectivity index (χ2v) is 27.6. The van der Waals surface area contributed by atoms with Crippen molar-refractivity contribution in [3.8, 4) is 0 Å². The highest BCUT2D eigenvalue weighted by molar-refractivity contribution is 7.98. The van der Waals surface area contributed by atoms with Crippen molar-refractivity contribution in [3.05, 3.63) is 35.9 Å². The molecule has 0 heterocycles. The van der Waals surface area contributed by atoms with Gasteiger partial charge in [-0.3, -0.25) is 67.5 Å². The van der Waals surface area contributed by atoms with Crippen molar-refractivity contribution < 1.29 is 67.7 Å². The van der Waals surface area contributed by atoms with Crippen molar-refractivity contribution in [1.82, 2.24) is 53.2 Å². The minimum absolute atomic E-state index is 0.00107. The number of nitrogens with two attached hydrogens (primary N) is 6. The predicted octanol–water partition coefficient (Wildman–Crippen LogP) is 0.612. The summed E-state index contributed by atoms with van der Waals surface area (Å²) in [5.41, 5.74) is 34.4. The van der Waals surface area contributed by atoms with Gasteiger partial charge >= 0.3 is 5.97 Å². The molecule has 0 aliphatic carbocycles. The Morgan fingerprint density at radius 3 is 1.39 bits per heavy atom. The zero-order chi connectivity index (χ0) is 77.2. The van der Waals surface area contributed by atoms with Crippen molar-refractivity contribution in [2.75, 3.05) is 38.2 Å². The Labute approximate surface area is 612 Å². The van der Waals surface area contributed by atoms with E-state index >= 15 is 0 Å². The average Bonchev–Trinajstić information content (AvgIpc) is 0.865. The van der Waals surface area contributed by atoms with Crippen molar-refractivity contribution in [1.29, 1.82) is 0 Å². The highest BCUT2D eigenvalue weighted by Gasteiger charge is 2.37. The molecule has 0 unspecified atom stereocenters. The van der Waals surface area contributed by atoms with Gasteiger partial charge in [-0.25, -0.2) is 0 Å². The minimum Gasteiger partial charge on any atom is -0.481 e. The van der Waals surface area contributed by atoms with Crippen LogP contribution in [0.2, 0.25) is 0 Å². The van der Waals surface area contributed by atoms with Crippen molar-refractivity contribution in [3.63, 3.8) is 0 Å². The van der Waals surface area contributed by atoms with E-state index in [-0.39, 0.29) is 101 Å². The topological polar surface area (TPSA) is 546 Å². The lowest BCUT2D eigenvalue weighted by atomic mass is 9.97. The number of thioether (sulfide) groups is 1. The first-order chi connectivity index (χ1) is 49.0. The van der Waals surface area contributed by atoms with Gasteiger partial charge in [0.1, 0.15) is 54.4 Å². The van der Waals surface area contributed by atoms with E-state index in [2.05, 4.69) is 70.1 Å². The van der Waals surface area contributed by atoms with Gasteiger partial charge in [0.25, 0.3) is 0 Å². The van der Waals surface area contributed by atoms with Gasteiger partial charge in [-0.2, -0.15) is 11.8 Å². The number of hydrogen-bond acceptors (Lipinski definition) is 17. The predicted molar refractivity (Wildman–Crippen MR) is 399 cm³/mol. The summed E-state index contributed by atoms with van der Waals surface area (Å²) in [7, 11) is 0. The number of aliphatic imine (C=N–C) groups is 2. The number of amides is 11. The molecule has 584 valence electrons. The van der Waals surface area contributed by atoms with Crippen LogP contribution in [-0.2, 0) is 64.0 Å². The fourth-order valence-electron chi connectivity index (χ4n) is 11.1. The first-order valence-corrected chi connectivity index (χ1v) is 37.9. The number of nitrogens with zero attached hydrogens (tertiary/aromatic N) is 2. The first kappa shape index (κ1) is 92.7. The Bertz CT molecular complexity index is 2810. The molecule has 0 radical (unpaired) electrons. The summed E-state index contributed by atoms with van der Waals surface area (Å²) in [5, 5.41) is 46.5.